The number of pyridine rings is 1. The molecule has 1 aliphatic heterocycles. The Morgan fingerprint density at radius 2 is 2.00 bits per heavy atom. The lowest BCUT2D eigenvalue weighted by Crippen LogP contribution is -2.52. The van der Waals surface area contributed by atoms with Crippen molar-refractivity contribution in [2.75, 3.05) is 25.1 Å². The van der Waals surface area contributed by atoms with Crippen molar-refractivity contribution in [2.24, 2.45) is 0 Å². The first-order valence-corrected chi connectivity index (χ1v) is 14.7. The number of hydrogen-bond acceptors (Lipinski definition) is 8. The molecule has 0 spiro atoms. The lowest BCUT2D eigenvalue weighted by molar-refractivity contribution is -0.128. The molecule has 37 heavy (non-hydrogen) atoms. The highest BCUT2D eigenvalue weighted by atomic mass is 32.2. The van der Waals surface area contributed by atoms with Crippen LogP contribution in [0.4, 0.5) is 0 Å². The van der Waals surface area contributed by atoms with Crippen LogP contribution in [-0.4, -0.2) is 72.5 Å². The minimum absolute atomic E-state index is 0.0871. The first-order valence-electron chi connectivity index (χ1n) is 11.8. The van der Waals surface area contributed by atoms with Crippen LogP contribution in [0.2, 0.25) is 0 Å². The van der Waals surface area contributed by atoms with Crippen molar-refractivity contribution < 1.29 is 27.2 Å². The fraction of sp³-hybridized carbons (Fsp3) is 0.360. The number of fused-ring (bicyclic) bond motifs is 1. The van der Waals surface area contributed by atoms with Gasteiger partial charge in [-0.3, -0.25) is 14.4 Å². The summed E-state index contributed by atoms with van der Waals surface area (Å²) in [6.07, 6.45) is 4.28. The summed E-state index contributed by atoms with van der Waals surface area (Å²) in [5.74, 6) is -0.760. The van der Waals surface area contributed by atoms with Gasteiger partial charge in [0, 0.05) is 18.1 Å². The van der Waals surface area contributed by atoms with Crippen molar-refractivity contribution in [1.82, 2.24) is 19.9 Å². The highest BCUT2D eigenvalue weighted by Gasteiger charge is 2.34. The number of nitrogens with one attached hydrogen (secondary N) is 2. The second-order valence-electron chi connectivity index (χ2n) is 8.63. The molecule has 1 saturated heterocycles. The van der Waals surface area contributed by atoms with E-state index in [2.05, 4.69) is 15.6 Å². The van der Waals surface area contributed by atoms with Crippen molar-refractivity contribution in [2.45, 2.75) is 36.4 Å². The van der Waals surface area contributed by atoms with E-state index in [1.54, 1.807) is 30.3 Å². The summed E-state index contributed by atoms with van der Waals surface area (Å²) in [6, 6.07) is 11.6. The van der Waals surface area contributed by atoms with Gasteiger partial charge in [-0.2, -0.15) is 16.1 Å². The van der Waals surface area contributed by atoms with E-state index in [4.69, 9.17) is 4.42 Å². The van der Waals surface area contributed by atoms with Crippen molar-refractivity contribution in [3.05, 3.63) is 60.5 Å². The summed E-state index contributed by atoms with van der Waals surface area (Å²) in [5.41, 5.74) is 0.562. The molecule has 10 nitrogen and oxygen atoms in total. The Morgan fingerprint density at radius 1 is 1.22 bits per heavy atom. The zero-order valence-electron chi connectivity index (χ0n) is 20.3. The molecule has 12 heteroatoms. The number of rotatable bonds is 9. The average Bonchev–Trinajstić information content (AvgIpc) is 3.25. The van der Waals surface area contributed by atoms with Crippen molar-refractivity contribution in [1.29, 1.82) is 0 Å². The quantitative estimate of drug-likeness (QED) is 0.418. The van der Waals surface area contributed by atoms with Gasteiger partial charge in [0.2, 0.25) is 5.91 Å². The molecule has 2 aromatic heterocycles. The smallest absolute Gasteiger partial charge is 0.287 e. The second kappa shape index (κ2) is 11.9. The van der Waals surface area contributed by atoms with Crippen molar-refractivity contribution >= 4 is 50.4 Å². The summed E-state index contributed by atoms with van der Waals surface area (Å²) in [7, 11) is -3.94. The summed E-state index contributed by atoms with van der Waals surface area (Å²) in [5, 5.41) is 6.09. The maximum Gasteiger partial charge on any atom is 0.287 e. The molecule has 3 heterocycles. The SMILES string of the molecule is CSCC[C@H](NC(=O)c1cc2ccccc2o1)C(=O)NC1CCCN(S(=O)(=O)c2ccccn2)CC1=O. The minimum Gasteiger partial charge on any atom is -0.451 e. The van der Waals surface area contributed by atoms with Crippen LogP contribution in [0.3, 0.4) is 0 Å². The number of furan rings is 1. The predicted octanol–water partition coefficient (Wildman–Crippen LogP) is 2.22. The third-order valence-corrected chi connectivity index (χ3v) is 8.47. The Bertz CT molecular complexity index is 1340. The van der Waals surface area contributed by atoms with Crippen LogP contribution < -0.4 is 10.6 Å². The molecule has 0 aliphatic carbocycles. The van der Waals surface area contributed by atoms with Crippen molar-refractivity contribution in [3.63, 3.8) is 0 Å². The van der Waals surface area contributed by atoms with E-state index in [1.165, 1.54) is 24.0 Å². The second-order valence-corrected chi connectivity index (χ2v) is 11.5. The predicted molar refractivity (Wildman–Crippen MR) is 140 cm³/mol. The third-order valence-electron chi connectivity index (χ3n) is 6.06. The van der Waals surface area contributed by atoms with E-state index in [0.717, 1.165) is 9.69 Å². The normalized spacial score (nSPS) is 17.8. The zero-order valence-corrected chi connectivity index (χ0v) is 21.9. The average molecular weight is 545 g/mol. The van der Waals surface area contributed by atoms with Gasteiger partial charge in [-0.25, -0.2) is 13.4 Å². The van der Waals surface area contributed by atoms with E-state index < -0.39 is 39.7 Å². The fourth-order valence-electron chi connectivity index (χ4n) is 4.09. The monoisotopic (exact) mass is 544 g/mol. The number of carbonyl (C=O) groups excluding carboxylic acids is 3. The van der Waals surface area contributed by atoms with Crippen LogP contribution in [0, 0.1) is 0 Å². The van der Waals surface area contributed by atoms with Gasteiger partial charge in [-0.1, -0.05) is 24.3 Å². The van der Waals surface area contributed by atoms with Gasteiger partial charge < -0.3 is 15.1 Å². The molecule has 1 aliphatic rings. The molecule has 1 aromatic carbocycles. The highest BCUT2D eigenvalue weighted by molar-refractivity contribution is 7.98. The van der Waals surface area contributed by atoms with Gasteiger partial charge in [0.05, 0.1) is 12.6 Å². The van der Waals surface area contributed by atoms with Crippen molar-refractivity contribution in [3.8, 4) is 0 Å². The van der Waals surface area contributed by atoms with Crippen LogP contribution in [0.1, 0.15) is 29.8 Å². The number of Topliss-reactive ketones (excluding diaryl/α,β-unsaturated/α-hetero) is 1. The van der Waals surface area contributed by atoms with Crippen LogP contribution in [0.15, 0.2) is 64.2 Å². The number of nitrogens with zero attached hydrogens (tertiary/aromatic N) is 2. The Labute approximate surface area is 219 Å². The maximum absolute atomic E-state index is 13.2. The Hall–Kier alpha value is -3.22. The number of aromatic nitrogens is 1. The number of amides is 2. The molecule has 3 aromatic rings. The van der Waals surface area contributed by atoms with Crippen LogP contribution in [0.5, 0.6) is 0 Å². The van der Waals surface area contributed by atoms with Gasteiger partial charge in [-0.15, -0.1) is 0 Å². The largest absolute Gasteiger partial charge is 0.451 e. The van der Waals surface area contributed by atoms with Crippen LogP contribution >= 0.6 is 11.8 Å². The molecule has 2 amide bonds. The maximum atomic E-state index is 13.2. The molecular formula is C25H28N4O6S2. The fourth-order valence-corrected chi connectivity index (χ4v) is 5.93. The van der Waals surface area contributed by atoms with Crippen LogP contribution in [-0.2, 0) is 19.6 Å². The number of ketones is 1. The summed E-state index contributed by atoms with van der Waals surface area (Å²) < 4.78 is 32.6. The number of hydrogen-bond donors (Lipinski definition) is 2. The molecule has 1 fully saturated rings. The van der Waals surface area contributed by atoms with Gasteiger partial charge >= 0.3 is 0 Å². The summed E-state index contributed by atoms with van der Waals surface area (Å²) >= 11 is 1.52. The van der Waals surface area contributed by atoms with E-state index in [9.17, 15) is 22.8 Å². The van der Waals surface area contributed by atoms with Gasteiger partial charge in [0.15, 0.2) is 16.6 Å². The zero-order chi connectivity index (χ0) is 26.4. The third kappa shape index (κ3) is 6.38. The number of thioether (sulfide) groups is 1. The number of sulfonamides is 1. The van der Waals surface area contributed by atoms with E-state index in [0.29, 0.717) is 24.2 Å². The molecule has 4 rings (SSSR count). The molecule has 2 N–H and O–H groups in total. The van der Waals surface area contributed by atoms with Gasteiger partial charge in [0.1, 0.15) is 11.6 Å². The molecule has 0 saturated carbocycles. The van der Waals surface area contributed by atoms with E-state index in [-0.39, 0.29) is 30.3 Å². The number of benzene rings is 1. The molecule has 1 unspecified atom stereocenters. The molecule has 2 atom stereocenters. The molecule has 0 radical (unpaired) electrons. The Balaban J connectivity index is 1.43. The first-order chi connectivity index (χ1) is 17.8. The van der Waals surface area contributed by atoms with Crippen LogP contribution in [0.25, 0.3) is 11.0 Å². The summed E-state index contributed by atoms with van der Waals surface area (Å²) in [6.45, 7) is -0.236. The molecule has 196 valence electrons. The number of carbonyl (C=O) groups is 3. The lowest BCUT2D eigenvalue weighted by atomic mass is 10.1. The minimum atomic E-state index is -3.94. The van der Waals surface area contributed by atoms with Gasteiger partial charge in [0.25, 0.3) is 15.9 Å². The van der Waals surface area contributed by atoms with E-state index in [1.807, 2.05) is 18.4 Å². The van der Waals surface area contributed by atoms with Gasteiger partial charge in [-0.05, 0) is 55.5 Å². The highest BCUT2D eigenvalue weighted by Crippen LogP contribution is 2.20. The summed E-state index contributed by atoms with van der Waals surface area (Å²) in [4.78, 5) is 42.9. The van der Waals surface area contributed by atoms with E-state index >= 15 is 0 Å². The Morgan fingerprint density at radius 3 is 2.73 bits per heavy atom. The Kier molecular flexibility index (Phi) is 8.62. The molecule has 0 bridgehead atoms. The number of para-hydroxylation sites is 1. The first kappa shape index (κ1) is 26.8. The topological polar surface area (TPSA) is 139 Å². The molecular weight excluding hydrogens is 516 g/mol. The standard InChI is InChI=1S/C25H28N4O6S2/c1-36-14-11-19(28-25(32)22-15-17-7-2-3-9-21(17)35-22)24(31)27-18-8-6-13-29(16-20(18)30)37(33,34)23-10-4-5-12-26-23/h2-5,7,9-10,12,15,18-19H,6,8,11,13-14,16H2,1H3,(H,27,31)(H,28,32)/t18?,19-/m0/s1. The lowest BCUT2D eigenvalue weighted by Gasteiger charge is -2.22.